The molecule has 0 bridgehead atoms. The Morgan fingerprint density at radius 3 is 2.24 bits per heavy atom. The van der Waals surface area contributed by atoms with Gasteiger partial charge in [0, 0.05) is 50.0 Å². The van der Waals surface area contributed by atoms with E-state index < -0.39 is 0 Å². The van der Waals surface area contributed by atoms with Gasteiger partial charge in [0.05, 0.1) is 0 Å². The van der Waals surface area contributed by atoms with E-state index in [1.165, 1.54) is 5.56 Å². The number of nitrogens with one attached hydrogen (secondary N) is 2. The van der Waals surface area contributed by atoms with Crippen molar-refractivity contribution in [3.05, 3.63) is 65.7 Å². The van der Waals surface area contributed by atoms with Crippen LogP contribution in [-0.2, 0) is 6.54 Å². The monoisotopic (exact) mass is 394 g/mol. The van der Waals surface area contributed by atoms with E-state index >= 15 is 0 Å². The van der Waals surface area contributed by atoms with Gasteiger partial charge in [0.2, 0.25) is 0 Å². The Morgan fingerprint density at radius 2 is 1.62 bits per heavy atom. The number of hydrogen-bond acceptors (Lipinski definition) is 3. The van der Waals surface area contributed by atoms with Gasteiger partial charge in [0.15, 0.2) is 0 Å². The Labute approximate surface area is 172 Å². The van der Waals surface area contributed by atoms with Gasteiger partial charge < -0.3 is 15.5 Å². The second-order valence-electron chi connectivity index (χ2n) is 7.54. The Balaban J connectivity index is 1.46. The lowest BCUT2D eigenvalue weighted by atomic mass is 10.1. The van der Waals surface area contributed by atoms with Crippen LogP contribution in [0.1, 0.15) is 36.2 Å². The lowest BCUT2D eigenvalue weighted by Gasteiger charge is -2.34. The minimum atomic E-state index is -0.0961. The summed E-state index contributed by atoms with van der Waals surface area (Å²) in [6.45, 7) is 8.05. The fourth-order valence-electron chi connectivity index (χ4n) is 3.27. The standard InChI is InChI=1S/C23H30N4O2/c1-3-18(2)24-22(28)20-9-11-21(12-10-20)25-23(29)27-15-13-26(14-16-27)17-19-7-5-4-6-8-19/h4-12,18H,3,13-17H2,1-2H3,(H,24,28)(H,25,29). The number of rotatable bonds is 6. The number of anilines is 1. The molecule has 0 saturated carbocycles. The molecule has 2 aromatic carbocycles. The molecule has 1 aliphatic heterocycles. The third kappa shape index (κ3) is 6.06. The van der Waals surface area contributed by atoms with Crippen molar-refractivity contribution in [3.63, 3.8) is 0 Å². The highest BCUT2D eigenvalue weighted by atomic mass is 16.2. The first-order valence-corrected chi connectivity index (χ1v) is 10.3. The summed E-state index contributed by atoms with van der Waals surface area (Å²) in [4.78, 5) is 28.9. The Bertz CT molecular complexity index is 799. The maximum absolute atomic E-state index is 12.6. The molecule has 3 rings (SSSR count). The predicted molar refractivity (Wildman–Crippen MR) is 116 cm³/mol. The van der Waals surface area contributed by atoms with Gasteiger partial charge in [-0.2, -0.15) is 0 Å². The molecule has 1 aliphatic rings. The lowest BCUT2D eigenvalue weighted by Crippen LogP contribution is -2.49. The molecule has 29 heavy (non-hydrogen) atoms. The number of amides is 3. The predicted octanol–water partition coefficient (Wildman–Crippen LogP) is 3.56. The smallest absolute Gasteiger partial charge is 0.321 e. The molecule has 6 heteroatoms. The second-order valence-corrected chi connectivity index (χ2v) is 7.54. The van der Waals surface area contributed by atoms with Gasteiger partial charge in [0.1, 0.15) is 0 Å². The number of piperazine rings is 1. The zero-order valence-electron chi connectivity index (χ0n) is 17.2. The van der Waals surface area contributed by atoms with Crippen LogP contribution in [0.15, 0.2) is 54.6 Å². The van der Waals surface area contributed by atoms with Crippen LogP contribution < -0.4 is 10.6 Å². The molecule has 2 aromatic rings. The van der Waals surface area contributed by atoms with Gasteiger partial charge in [-0.3, -0.25) is 9.69 Å². The van der Waals surface area contributed by atoms with Gasteiger partial charge in [-0.1, -0.05) is 37.3 Å². The molecule has 6 nitrogen and oxygen atoms in total. The molecule has 1 fully saturated rings. The minimum absolute atomic E-state index is 0.0910. The minimum Gasteiger partial charge on any atom is -0.350 e. The second kappa shape index (κ2) is 10.1. The quantitative estimate of drug-likeness (QED) is 0.787. The number of hydrogen-bond donors (Lipinski definition) is 2. The van der Waals surface area contributed by atoms with E-state index in [9.17, 15) is 9.59 Å². The highest BCUT2D eigenvalue weighted by Gasteiger charge is 2.21. The normalized spacial score (nSPS) is 15.6. The van der Waals surface area contributed by atoms with Crippen molar-refractivity contribution in [3.8, 4) is 0 Å². The van der Waals surface area contributed by atoms with E-state index in [0.717, 1.165) is 26.1 Å². The summed E-state index contributed by atoms with van der Waals surface area (Å²) in [5.74, 6) is -0.0910. The molecule has 1 heterocycles. The van der Waals surface area contributed by atoms with Gasteiger partial charge in [-0.25, -0.2) is 4.79 Å². The summed E-state index contributed by atoms with van der Waals surface area (Å²) in [6.07, 6.45) is 0.887. The maximum Gasteiger partial charge on any atom is 0.321 e. The zero-order valence-corrected chi connectivity index (χ0v) is 17.2. The Morgan fingerprint density at radius 1 is 0.966 bits per heavy atom. The highest BCUT2D eigenvalue weighted by molar-refractivity contribution is 5.95. The molecule has 1 atom stereocenters. The van der Waals surface area contributed by atoms with Crippen molar-refractivity contribution in [2.75, 3.05) is 31.5 Å². The molecular weight excluding hydrogens is 364 g/mol. The molecule has 1 unspecified atom stereocenters. The van der Waals surface area contributed by atoms with E-state index in [1.54, 1.807) is 24.3 Å². The number of carbonyl (C=O) groups is 2. The number of nitrogens with zero attached hydrogens (tertiary/aromatic N) is 2. The summed E-state index contributed by atoms with van der Waals surface area (Å²) >= 11 is 0. The van der Waals surface area contributed by atoms with Crippen LogP contribution in [0, 0.1) is 0 Å². The Hall–Kier alpha value is -2.86. The van der Waals surface area contributed by atoms with Crippen LogP contribution in [0.3, 0.4) is 0 Å². The van der Waals surface area contributed by atoms with Crippen LogP contribution in [0.4, 0.5) is 10.5 Å². The van der Waals surface area contributed by atoms with Crippen molar-refractivity contribution >= 4 is 17.6 Å². The molecule has 154 valence electrons. The SMILES string of the molecule is CCC(C)NC(=O)c1ccc(NC(=O)N2CCN(Cc3ccccc3)CC2)cc1. The number of carbonyl (C=O) groups excluding carboxylic acids is 2. The first-order valence-electron chi connectivity index (χ1n) is 10.3. The van der Waals surface area contributed by atoms with Gasteiger partial charge in [-0.15, -0.1) is 0 Å². The first kappa shape index (κ1) is 20.9. The fraction of sp³-hybridized carbons (Fsp3) is 0.391. The van der Waals surface area contributed by atoms with Gasteiger partial charge >= 0.3 is 6.03 Å². The van der Waals surface area contributed by atoms with Crippen LogP contribution in [0.2, 0.25) is 0 Å². The van der Waals surface area contributed by atoms with Crippen molar-refractivity contribution < 1.29 is 9.59 Å². The summed E-state index contributed by atoms with van der Waals surface area (Å²) in [6, 6.07) is 17.5. The number of benzene rings is 2. The van der Waals surface area contributed by atoms with Crippen molar-refractivity contribution in [2.24, 2.45) is 0 Å². The molecule has 0 radical (unpaired) electrons. The highest BCUT2D eigenvalue weighted by Crippen LogP contribution is 2.13. The van der Waals surface area contributed by atoms with Gasteiger partial charge in [0.25, 0.3) is 5.91 Å². The molecule has 3 amide bonds. The average molecular weight is 395 g/mol. The number of urea groups is 1. The largest absolute Gasteiger partial charge is 0.350 e. The van der Waals surface area contributed by atoms with Crippen LogP contribution in [-0.4, -0.2) is 54.0 Å². The lowest BCUT2D eigenvalue weighted by molar-refractivity contribution is 0.0939. The summed E-state index contributed by atoms with van der Waals surface area (Å²) in [7, 11) is 0. The van der Waals surface area contributed by atoms with Crippen LogP contribution >= 0.6 is 0 Å². The fourth-order valence-corrected chi connectivity index (χ4v) is 3.27. The molecule has 0 aliphatic carbocycles. The maximum atomic E-state index is 12.6. The summed E-state index contributed by atoms with van der Waals surface area (Å²) in [5, 5.41) is 5.87. The van der Waals surface area contributed by atoms with Crippen molar-refractivity contribution in [1.29, 1.82) is 0 Å². The molecule has 1 saturated heterocycles. The van der Waals surface area contributed by atoms with Gasteiger partial charge in [-0.05, 0) is 43.2 Å². The third-order valence-electron chi connectivity index (χ3n) is 5.30. The molecular formula is C23H30N4O2. The Kier molecular flexibility index (Phi) is 7.25. The van der Waals surface area contributed by atoms with Crippen molar-refractivity contribution in [2.45, 2.75) is 32.9 Å². The van der Waals surface area contributed by atoms with E-state index in [2.05, 4.69) is 39.8 Å². The molecule has 0 spiro atoms. The van der Waals surface area contributed by atoms with E-state index in [-0.39, 0.29) is 18.0 Å². The average Bonchev–Trinajstić information content (AvgIpc) is 2.75. The van der Waals surface area contributed by atoms with Crippen LogP contribution in [0.5, 0.6) is 0 Å². The van der Waals surface area contributed by atoms with Crippen molar-refractivity contribution in [1.82, 2.24) is 15.1 Å². The third-order valence-corrected chi connectivity index (χ3v) is 5.30. The zero-order chi connectivity index (χ0) is 20.6. The summed E-state index contributed by atoms with van der Waals surface area (Å²) in [5.41, 5.74) is 2.59. The molecule has 0 aromatic heterocycles. The van der Waals surface area contributed by atoms with E-state index in [1.807, 2.05) is 24.8 Å². The van der Waals surface area contributed by atoms with Crippen LogP contribution in [0.25, 0.3) is 0 Å². The van der Waals surface area contributed by atoms with E-state index in [0.29, 0.717) is 24.3 Å². The first-order chi connectivity index (χ1) is 14.0. The molecule has 2 N–H and O–H groups in total. The topological polar surface area (TPSA) is 64.7 Å². The van der Waals surface area contributed by atoms with E-state index in [4.69, 9.17) is 0 Å². The summed E-state index contributed by atoms with van der Waals surface area (Å²) < 4.78 is 0.